The number of hydrogen-bond acceptors (Lipinski definition) is 3. The highest BCUT2D eigenvalue weighted by atomic mass is 16.3. The minimum atomic E-state index is -0.368. The molecule has 3 aromatic rings. The van der Waals surface area contributed by atoms with Gasteiger partial charge in [0.1, 0.15) is 0 Å². The molecule has 3 N–H and O–H groups in total. The molecule has 5 rings (SSSR count). The first-order valence-corrected chi connectivity index (χ1v) is 8.27. The zero-order valence-electron chi connectivity index (χ0n) is 13.0. The molecule has 0 bridgehead atoms. The Morgan fingerprint density at radius 3 is 2.50 bits per heavy atom. The van der Waals surface area contributed by atoms with Crippen LogP contribution in [0.1, 0.15) is 44.7 Å². The fraction of sp³-hybridized carbons (Fsp3) is 0.263. The normalized spacial score (nSPS) is 20.1. The number of aliphatic hydroxyl groups excluding tert-OH is 1. The molecule has 1 aliphatic carbocycles. The van der Waals surface area contributed by atoms with Gasteiger partial charge in [0.05, 0.1) is 22.7 Å². The molecule has 0 saturated carbocycles. The zero-order chi connectivity index (χ0) is 16.4. The van der Waals surface area contributed by atoms with Crippen molar-refractivity contribution in [3.8, 4) is 0 Å². The molecule has 2 aliphatic rings. The maximum absolute atomic E-state index is 12.5. The quantitative estimate of drug-likeness (QED) is 0.439. The van der Waals surface area contributed by atoms with Crippen LogP contribution < -0.4 is 5.32 Å². The van der Waals surface area contributed by atoms with Crippen molar-refractivity contribution in [1.29, 1.82) is 0 Å². The summed E-state index contributed by atoms with van der Waals surface area (Å²) in [6.45, 7) is 0. The van der Waals surface area contributed by atoms with Gasteiger partial charge < -0.3 is 10.1 Å². The average Bonchev–Trinajstić information content (AvgIpc) is 3.01. The van der Waals surface area contributed by atoms with Crippen molar-refractivity contribution in [2.24, 2.45) is 0 Å². The van der Waals surface area contributed by atoms with E-state index < -0.39 is 0 Å². The number of imide groups is 1. The molecule has 5 heteroatoms. The van der Waals surface area contributed by atoms with E-state index in [0.29, 0.717) is 36.8 Å². The summed E-state index contributed by atoms with van der Waals surface area (Å²) in [5.41, 5.74) is 4.89. The number of rotatable bonds is 0. The number of aryl methyl sites for hydroxylation is 1. The Morgan fingerprint density at radius 1 is 0.958 bits per heavy atom. The number of hydrogen-bond donors (Lipinski definition) is 3. The van der Waals surface area contributed by atoms with Crippen LogP contribution in [0.5, 0.6) is 0 Å². The molecule has 1 atom stereocenters. The zero-order valence-corrected chi connectivity index (χ0v) is 13.0. The summed E-state index contributed by atoms with van der Waals surface area (Å²) in [4.78, 5) is 28.4. The first-order chi connectivity index (χ1) is 11.6. The third-order valence-electron chi connectivity index (χ3n) is 5.31. The minimum Gasteiger partial charge on any atom is -0.393 e. The molecule has 0 fully saturated rings. The monoisotopic (exact) mass is 320 g/mol. The summed E-state index contributed by atoms with van der Waals surface area (Å²) < 4.78 is 0. The summed E-state index contributed by atoms with van der Waals surface area (Å²) in [6, 6.07) is 7.84. The second kappa shape index (κ2) is 4.68. The van der Waals surface area contributed by atoms with Crippen molar-refractivity contribution < 1.29 is 14.7 Å². The van der Waals surface area contributed by atoms with Crippen LogP contribution >= 0.6 is 0 Å². The van der Waals surface area contributed by atoms with Crippen LogP contribution in [0.25, 0.3) is 21.8 Å². The third kappa shape index (κ3) is 1.67. The van der Waals surface area contributed by atoms with Gasteiger partial charge in [-0.3, -0.25) is 14.9 Å². The number of aromatic amines is 1. The minimum absolute atomic E-state index is 0.310. The predicted molar refractivity (Wildman–Crippen MR) is 90.3 cm³/mol. The predicted octanol–water partition coefficient (Wildman–Crippen LogP) is 2.44. The van der Waals surface area contributed by atoms with Crippen molar-refractivity contribution in [2.75, 3.05) is 0 Å². The van der Waals surface area contributed by atoms with Gasteiger partial charge >= 0.3 is 0 Å². The number of nitrogens with one attached hydrogen (secondary N) is 2. The molecule has 2 amide bonds. The smallest absolute Gasteiger partial charge is 0.259 e. The van der Waals surface area contributed by atoms with Crippen molar-refractivity contribution in [1.82, 2.24) is 10.3 Å². The summed E-state index contributed by atoms with van der Waals surface area (Å²) in [6.07, 6.45) is 2.24. The maximum atomic E-state index is 12.5. The molecule has 1 aliphatic heterocycles. The average molecular weight is 320 g/mol. The van der Waals surface area contributed by atoms with Gasteiger partial charge in [-0.1, -0.05) is 18.2 Å². The topological polar surface area (TPSA) is 82.2 Å². The summed E-state index contributed by atoms with van der Waals surface area (Å²) in [5.74, 6) is -0.632. The van der Waals surface area contributed by atoms with Crippen LogP contribution in [-0.4, -0.2) is 28.0 Å². The number of benzene rings is 2. The number of carbonyl (C=O) groups excluding carboxylic acids is 2. The molecule has 5 nitrogen and oxygen atoms in total. The second-order valence-corrected chi connectivity index (χ2v) is 6.64. The number of aromatic nitrogens is 1. The molecule has 0 spiro atoms. The Labute approximate surface area is 137 Å². The van der Waals surface area contributed by atoms with Crippen LogP contribution in [0, 0.1) is 0 Å². The Balaban J connectivity index is 1.99. The molecule has 2 heterocycles. The molecule has 24 heavy (non-hydrogen) atoms. The first-order valence-electron chi connectivity index (χ1n) is 8.27. The van der Waals surface area contributed by atoms with Crippen molar-refractivity contribution in [3.63, 3.8) is 0 Å². The van der Waals surface area contributed by atoms with Gasteiger partial charge in [-0.2, -0.15) is 0 Å². The van der Waals surface area contributed by atoms with Crippen LogP contribution in [-0.2, 0) is 12.8 Å². The molecule has 0 radical (unpaired) electrons. The summed E-state index contributed by atoms with van der Waals surface area (Å²) in [7, 11) is 0. The molecule has 0 saturated heterocycles. The van der Waals surface area contributed by atoms with E-state index in [0.717, 1.165) is 32.9 Å². The van der Waals surface area contributed by atoms with Gasteiger partial charge in [0.25, 0.3) is 11.8 Å². The number of amides is 2. The van der Waals surface area contributed by atoms with Gasteiger partial charge in [-0.05, 0) is 42.9 Å². The molecule has 2 aromatic carbocycles. The maximum Gasteiger partial charge on any atom is 0.259 e. The highest BCUT2D eigenvalue weighted by Gasteiger charge is 2.36. The first kappa shape index (κ1) is 13.7. The lowest BCUT2D eigenvalue weighted by molar-refractivity contribution is 0.0879. The van der Waals surface area contributed by atoms with Crippen molar-refractivity contribution in [2.45, 2.75) is 31.8 Å². The fourth-order valence-corrected chi connectivity index (χ4v) is 4.23. The Morgan fingerprint density at radius 2 is 1.67 bits per heavy atom. The highest BCUT2D eigenvalue weighted by Crippen LogP contribution is 2.40. The van der Waals surface area contributed by atoms with E-state index in [2.05, 4.69) is 10.3 Å². The van der Waals surface area contributed by atoms with Gasteiger partial charge in [0.15, 0.2) is 0 Å². The van der Waals surface area contributed by atoms with Crippen molar-refractivity contribution in [3.05, 3.63) is 46.5 Å². The van der Waals surface area contributed by atoms with E-state index in [1.54, 1.807) is 0 Å². The van der Waals surface area contributed by atoms with Crippen LogP contribution in [0.3, 0.4) is 0 Å². The number of para-hydroxylation sites is 1. The van der Waals surface area contributed by atoms with Crippen LogP contribution in [0.2, 0.25) is 0 Å². The van der Waals surface area contributed by atoms with E-state index in [4.69, 9.17) is 0 Å². The van der Waals surface area contributed by atoms with E-state index >= 15 is 0 Å². The lowest BCUT2D eigenvalue weighted by Gasteiger charge is -2.12. The molecular weight excluding hydrogens is 304 g/mol. The standard InChI is InChI=1S/C19H16N2O3/c22-9-5-7-10-11(8-6-9)17-14(12-3-1-2-4-13(12)20-17)16-15(10)18(23)21-19(16)24/h1-4,9,20,22H,5-8H2,(H,21,23,24). The molecule has 1 unspecified atom stereocenters. The lowest BCUT2D eigenvalue weighted by Crippen LogP contribution is -2.20. The van der Waals surface area contributed by atoms with Crippen LogP contribution in [0.15, 0.2) is 24.3 Å². The number of H-pyrrole nitrogens is 1. The van der Waals surface area contributed by atoms with Crippen molar-refractivity contribution >= 4 is 33.6 Å². The molecule has 1 aromatic heterocycles. The van der Waals surface area contributed by atoms with Gasteiger partial charge in [0.2, 0.25) is 0 Å². The second-order valence-electron chi connectivity index (χ2n) is 6.64. The SMILES string of the molecule is O=C1NC(=O)c2c1c1c(c3[nH]c4ccccc4c23)CCC(O)CC1. The third-order valence-corrected chi connectivity index (χ3v) is 5.31. The number of fused-ring (bicyclic) bond motifs is 8. The van der Waals surface area contributed by atoms with E-state index in [1.165, 1.54) is 0 Å². The van der Waals surface area contributed by atoms with E-state index in [1.807, 2.05) is 24.3 Å². The van der Waals surface area contributed by atoms with Gasteiger partial charge in [-0.25, -0.2) is 0 Å². The number of aliphatic hydroxyl groups is 1. The Bertz CT molecular complexity index is 1050. The Hall–Kier alpha value is -2.66. The van der Waals surface area contributed by atoms with Gasteiger partial charge in [0, 0.05) is 16.3 Å². The van der Waals surface area contributed by atoms with Gasteiger partial charge in [-0.15, -0.1) is 0 Å². The number of carbonyl (C=O) groups is 2. The molecular formula is C19H16N2O3. The molecule has 120 valence electrons. The Kier molecular flexibility index (Phi) is 2.68. The summed E-state index contributed by atoms with van der Waals surface area (Å²) in [5, 5.41) is 14.3. The summed E-state index contributed by atoms with van der Waals surface area (Å²) >= 11 is 0. The largest absolute Gasteiger partial charge is 0.393 e. The van der Waals surface area contributed by atoms with E-state index in [-0.39, 0.29) is 17.9 Å². The van der Waals surface area contributed by atoms with E-state index in [9.17, 15) is 14.7 Å². The highest BCUT2D eigenvalue weighted by molar-refractivity contribution is 6.31. The fourth-order valence-electron chi connectivity index (χ4n) is 4.23. The lowest BCUT2D eigenvalue weighted by atomic mass is 9.90. The van der Waals surface area contributed by atoms with Crippen LogP contribution in [0.4, 0.5) is 0 Å².